The van der Waals surface area contributed by atoms with E-state index in [1.165, 1.54) is 22.8 Å². The molecule has 1 aliphatic heterocycles. The zero-order chi connectivity index (χ0) is 14.3. The highest BCUT2D eigenvalue weighted by Gasteiger charge is 2.37. The van der Waals surface area contributed by atoms with Gasteiger partial charge in [0.15, 0.2) is 0 Å². The molecule has 1 saturated heterocycles. The third kappa shape index (κ3) is 2.58. The molecule has 19 heavy (non-hydrogen) atoms. The zero-order valence-electron chi connectivity index (χ0n) is 11.4. The number of nitrogens with one attached hydrogen (secondary N) is 1. The van der Waals surface area contributed by atoms with Gasteiger partial charge in [-0.2, -0.15) is 4.31 Å². The van der Waals surface area contributed by atoms with Gasteiger partial charge in [0.05, 0.1) is 0 Å². The normalized spacial score (nSPS) is 21.4. The lowest BCUT2D eigenvalue weighted by Crippen LogP contribution is -2.59. The van der Waals surface area contributed by atoms with E-state index in [1.54, 1.807) is 0 Å². The van der Waals surface area contributed by atoms with Crippen LogP contribution in [0.5, 0.6) is 0 Å². The van der Waals surface area contributed by atoms with Crippen molar-refractivity contribution >= 4 is 10.0 Å². The molecule has 0 radical (unpaired) electrons. The molecule has 0 spiro atoms. The minimum atomic E-state index is -3.72. The van der Waals surface area contributed by atoms with E-state index in [9.17, 15) is 13.2 Å². The maximum absolute atomic E-state index is 12.5. The SMILES string of the molecule is CN1CCN(S(=O)(=O)c2c[nH]ccc2=O)CC1(C)C. The monoisotopic (exact) mass is 285 g/mol. The zero-order valence-corrected chi connectivity index (χ0v) is 12.2. The standard InChI is InChI=1S/C12H19N3O3S/c1-12(2)9-15(7-6-14(12)3)19(17,18)11-8-13-5-4-10(11)16/h4-5,8H,6-7,9H2,1-3H3,(H,13,16). The van der Waals surface area contributed by atoms with Gasteiger partial charge < -0.3 is 4.98 Å². The van der Waals surface area contributed by atoms with Crippen LogP contribution < -0.4 is 5.43 Å². The Balaban J connectivity index is 2.37. The van der Waals surface area contributed by atoms with Crippen molar-refractivity contribution in [3.05, 3.63) is 28.7 Å². The molecule has 0 atom stereocenters. The molecule has 2 heterocycles. The molecule has 0 bridgehead atoms. The van der Waals surface area contributed by atoms with Crippen LogP contribution in [0.25, 0.3) is 0 Å². The molecule has 1 aliphatic rings. The Morgan fingerprint density at radius 1 is 1.32 bits per heavy atom. The van der Waals surface area contributed by atoms with Crippen LogP contribution in [0.2, 0.25) is 0 Å². The van der Waals surface area contributed by atoms with E-state index in [1.807, 2.05) is 20.9 Å². The highest BCUT2D eigenvalue weighted by Crippen LogP contribution is 2.23. The number of likely N-dealkylation sites (N-methyl/N-ethyl adjacent to an activating group) is 1. The number of aromatic nitrogens is 1. The predicted octanol–water partition coefficient (Wildman–Crippen LogP) is 0.0896. The lowest BCUT2D eigenvalue weighted by Gasteiger charge is -2.44. The van der Waals surface area contributed by atoms with Gasteiger partial charge in [0.1, 0.15) is 4.90 Å². The molecule has 106 valence electrons. The minimum absolute atomic E-state index is 0.185. The molecule has 2 rings (SSSR count). The molecule has 7 heteroatoms. The minimum Gasteiger partial charge on any atom is -0.366 e. The first-order valence-corrected chi connectivity index (χ1v) is 7.58. The van der Waals surface area contributed by atoms with Crippen LogP contribution in [0.1, 0.15) is 13.8 Å². The van der Waals surface area contributed by atoms with Crippen LogP contribution in [0.3, 0.4) is 0 Å². The number of aromatic amines is 1. The van der Waals surface area contributed by atoms with Crippen molar-refractivity contribution in [3.8, 4) is 0 Å². The summed E-state index contributed by atoms with van der Waals surface area (Å²) in [5, 5.41) is 0. The Morgan fingerprint density at radius 3 is 2.58 bits per heavy atom. The molecule has 0 aliphatic carbocycles. The van der Waals surface area contributed by atoms with Crippen molar-refractivity contribution in [1.29, 1.82) is 0 Å². The lowest BCUT2D eigenvalue weighted by molar-refractivity contribution is 0.0801. The summed E-state index contributed by atoms with van der Waals surface area (Å²) in [4.78, 5) is 16.3. The largest absolute Gasteiger partial charge is 0.366 e. The highest BCUT2D eigenvalue weighted by molar-refractivity contribution is 7.89. The summed E-state index contributed by atoms with van der Waals surface area (Å²) in [6.07, 6.45) is 2.68. The quantitative estimate of drug-likeness (QED) is 0.836. The third-order valence-corrected chi connectivity index (χ3v) is 5.55. The Bertz CT molecular complexity index is 621. The molecule has 0 unspecified atom stereocenters. The van der Waals surface area contributed by atoms with E-state index >= 15 is 0 Å². The van der Waals surface area contributed by atoms with Crippen molar-refractivity contribution in [2.45, 2.75) is 24.3 Å². The molecular weight excluding hydrogens is 266 g/mol. The lowest BCUT2D eigenvalue weighted by atomic mass is 10.0. The van der Waals surface area contributed by atoms with Crippen LogP contribution in [0.4, 0.5) is 0 Å². The summed E-state index contributed by atoms with van der Waals surface area (Å²) in [7, 11) is -1.75. The first kappa shape index (κ1) is 14.2. The average molecular weight is 285 g/mol. The fourth-order valence-corrected chi connectivity index (χ4v) is 3.77. The maximum atomic E-state index is 12.5. The number of rotatable bonds is 2. The van der Waals surface area contributed by atoms with Gasteiger partial charge in [-0.3, -0.25) is 9.69 Å². The van der Waals surface area contributed by atoms with E-state index < -0.39 is 15.5 Å². The number of hydrogen-bond donors (Lipinski definition) is 1. The van der Waals surface area contributed by atoms with E-state index in [2.05, 4.69) is 9.88 Å². The molecule has 0 saturated carbocycles. The first-order chi connectivity index (χ1) is 8.75. The Labute approximate surface area is 113 Å². The topological polar surface area (TPSA) is 73.5 Å². The van der Waals surface area contributed by atoms with Crippen molar-refractivity contribution in [2.24, 2.45) is 0 Å². The van der Waals surface area contributed by atoms with E-state index in [0.29, 0.717) is 19.6 Å². The van der Waals surface area contributed by atoms with Gasteiger partial charge in [-0.05, 0) is 20.9 Å². The number of piperazine rings is 1. The number of H-pyrrole nitrogens is 1. The molecule has 1 fully saturated rings. The van der Waals surface area contributed by atoms with Gasteiger partial charge in [-0.15, -0.1) is 0 Å². The van der Waals surface area contributed by atoms with Gasteiger partial charge in [-0.25, -0.2) is 8.42 Å². The van der Waals surface area contributed by atoms with Crippen LogP contribution in [-0.2, 0) is 10.0 Å². The number of sulfonamides is 1. The van der Waals surface area contributed by atoms with E-state index in [4.69, 9.17) is 0 Å². The molecule has 0 amide bonds. The predicted molar refractivity (Wildman–Crippen MR) is 72.5 cm³/mol. The summed E-state index contributed by atoms with van der Waals surface area (Å²) < 4.78 is 26.4. The second-order valence-electron chi connectivity index (χ2n) is 5.45. The molecule has 1 aromatic rings. The van der Waals surface area contributed by atoms with E-state index in [0.717, 1.165) is 0 Å². The van der Waals surface area contributed by atoms with E-state index in [-0.39, 0.29) is 10.4 Å². The smallest absolute Gasteiger partial charge is 0.248 e. The average Bonchev–Trinajstić information content (AvgIpc) is 2.32. The summed E-state index contributed by atoms with van der Waals surface area (Å²) in [6.45, 7) is 5.40. The molecule has 6 nitrogen and oxygen atoms in total. The molecule has 1 aromatic heterocycles. The molecular formula is C12H19N3O3S. The second-order valence-corrected chi connectivity index (χ2v) is 7.35. The van der Waals surface area contributed by atoms with Gasteiger partial charge in [0.2, 0.25) is 15.5 Å². The summed E-state index contributed by atoms with van der Waals surface area (Å²) in [5.74, 6) is 0. The summed E-state index contributed by atoms with van der Waals surface area (Å²) >= 11 is 0. The summed E-state index contributed by atoms with van der Waals surface area (Å²) in [5.41, 5.74) is -0.720. The number of pyridine rings is 1. The summed E-state index contributed by atoms with van der Waals surface area (Å²) in [6, 6.07) is 1.23. The molecule has 1 N–H and O–H groups in total. The maximum Gasteiger partial charge on any atom is 0.248 e. The van der Waals surface area contributed by atoms with Crippen molar-refractivity contribution in [1.82, 2.24) is 14.2 Å². The van der Waals surface area contributed by atoms with Gasteiger partial charge in [0.25, 0.3) is 0 Å². The first-order valence-electron chi connectivity index (χ1n) is 6.14. The van der Waals surface area contributed by atoms with Gasteiger partial charge in [0, 0.05) is 43.6 Å². The number of nitrogens with zero attached hydrogens (tertiary/aromatic N) is 2. The fourth-order valence-electron chi connectivity index (χ4n) is 2.14. The van der Waals surface area contributed by atoms with Crippen molar-refractivity contribution in [3.63, 3.8) is 0 Å². The third-order valence-electron chi connectivity index (χ3n) is 3.69. The van der Waals surface area contributed by atoms with Gasteiger partial charge in [-0.1, -0.05) is 0 Å². The second kappa shape index (κ2) is 4.73. The fraction of sp³-hybridized carbons (Fsp3) is 0.583. The van der Waals surface area contributed by atoms with Crippen LogP contribution in [-0.4, -0.2) is 54.8 Å². The Morgan fingerprint density at radius 2 is 2.00 bits per heavy atom. The van der Waals surface area contributed by atoms with Crippen LogP contribution in [0.15, 0.2) is 28.2 Å². The van der Waals surface area contributed by atoms with Crippen molar-refractivity contribution < 1.29 is 8.42 Å². The van der Waals surface area contributed by atoms with Crippen LogP contribution in [0, 0.1) is 0 Å². The van der Waals surface area contributed by atoms with Crippen molar-refractivity contribution in [2.75, 3.05) is 26.7 Å². The van der Waals surface area contributed by atoms with Gasteiger partial charge >= 0.3 is 0 Å². The number of hydrogen-bond acceptors (Lipinski definition) is 4. The Kier molecular flexibility index (Phi) is 3.55. The molecule has 0 aromatic carbocycles. The van der Waals surface area contributed by atoms with Crippen LogP contribution >= 0.6 is 0 Å². The highest BCUT2D eigenvalue weighted by atomic mass is 32.2. The Hall–Kier alpha value is -1.18.